The first-order valence-corrected chi connectivity index (χ1v) is 13.3. The molecular weight excluding hydrogens is 452 g/mol. The van der Waals surface area contributed by atoms with Crippen molar-refractivity contribution in [3.63, 3.8) is 0 Å². The van der Waals surface area contributed by atoms with E-state index in [2.05, 4.69) is 29.4 Å². The zero-order valence-electron chi connectivity index (χ0n) is 19.9. The van der Waals surface area contributed by atoms with Crippen LogP contribution in [-0.4, -0.2) is 68.7 Å². The maximum absolute atomic E-state index is 12.9. The SMILES string of the molecule is CCN(CC)CCNC(=O)c1ccc(NC(=O)c2cccc(S(=O)(=O)N3CCCCC3)c2)cc1. The van der Waals surface area contributed by atoms with Gasteiger partial charge in [-0.25, -0.2) is 8.42 Å². The second-order valence-corrected chi connectivity index (χ2v) is 10.2. The molecule has 2 aromatic rings. The van der Waals surface area contributed by atoms with Crippen molar-refractivity contribution in [2.45, 2.75) is 38.0 Å². The molecule has 0 bridgehead atoms. The first-order chi connectivity index (χ1) is 16.3. The maximum Gasteiger partial charge on any atom is 0.255 e. The van der Waals surface area contributed by atoms with Crippen LogP contribution in [0, 0.1) is 0 Å². The van der Waals surface area contributed by atoms with Gasteiger partial charge < -0.3 is 15.5 Å². The van der Waals surface area contributed by atoms with E-state index in [0.29, 0.717) is 30.9 Å². The van der Waals surface area contributed by atoms with Crippen molar-refractivity contribution < 1.29 is 18.0 Å². The van der Waals surface area contributed by atoms with Crippen molar-refractivity contribution in [2.24, 2.45) is 0 Å². The van der Waals surface area contributed by atoms with Crippen LogP contribution in [0.5, 0.6) is 0 Å². The summed E-state index contributed by atoms with van der Waals surface area (Å²) in [5.74, 6) is -0.576. The number of carbonyl (C=O) groups is 2. The molecule has 0 saturated carbocycles. The fourth-order valence-electron chi connectivity index (χ4n) is 3.93. The zero-order valence-corrected chi connectivity index (χ0v) is 20.7. The van der Waals surface area contributed by atoms with Crippen LogP contribution in [0.4, 0.5) is 5.69 Å². The van der Waals surface area contributed by atoms with E-state index in [1.807, 2.05) is 0 Å². The van der Waals surface area contributed by atoms with Crippen LogP contribution < -0.4 is 10.6 Å². The van der Waals surface area contributed by atoms with E-state index < -0.39 is 15.9 Å². The number of nitrogens with zero attached hydrogens (tertiary/aromatic N) is 2. The summed E-state index contributed by atoms with van der Waals surface area (Å²) in [6, 6.07) is 12.7. The lowest BCUT2D eigenvalue weighted by molar-refractivity contribution is 0.0948. The highest BCUT2D eigenvalue weighted by atomic mass is 32.2. The van der Waals surface area contributed by atoms with Gasteiger partial charge in [0.15, 0.2) is 0 Å². The number of hydrogen-bond acceptors (Lipinski definition) is 5. The lowest BCUT2D eigenvalue weighted by Crippen LogP contribution is -2.35. The fourth-order valence-corrected chi connectivity index (χ4v) is 5.49. The summed E-state index contributed by atoms with van der Waals surface area (Å²) in [4.78, 5) is 27.4. The van der Waals surface area contributed by atoms with Crippen molar-refractivity contribution in [1.82, 2.24) is 14.5 Å². The Labute approximate surface area is 202 Å². The normalized spacial score (nSPS) is 14.7. The molecule has 0 radical (unpaired) electrons. The van der Waals surface area contributed by atoms with Crippen LogP contribution >= 0.6 is 0 Å². The summed E-state index contributed by atoms with van der Waals surface area (Å²) < 4.78 is 27.3. The van der Waals surface area contributed by atoms with Gasteiger partial charge in [-0.15, -0.1) is 0 Å². The third-order valence-corrected chi connectivity index (χ3v) is 7.96. The molecule has 3 rings (SSSR count). The van der Waals surface area contributed by atoms with Gasteiger partial charge in [-0.2, -0.15) is 4.31 Å². The maximum atomic E-state index is 12.9. The van der Waals surface area contributed by atoms with E-state index in [1.54, 1.807) is 36.4 Å². The number of rotatable bonds is 10. The van der Waals surface area contributed by atoms with E-state index in [-0.39, 0.29) is 16.4 Å². The Morgan fingerprint density at radius 1 is 0.912 bits per heavy atom. The average Bonchev–Trinajstić information content (AvgIpc) is 2.87. The molecule has 184 valence electrons. The summed E-state index contributed by atoms with van der Waals surface area (Å²) in [6.45, 7) is 8.42. The Hall–Kier alpha value is -2.75. The number of sulfonamides is 1. The van der Waals surface area contributed by atoms with Crippen LogP contribution in [-0.2, 0) is 10.0 Å². The van der Waals surface area contributed by atoms with Crippen molar-refractivity contribution in [2.75, 3.05) is 44.6 Å². The molecule has 2 aromatic carbocycles. The fraction of sp³-hybridized carbons (Fsp3) is 0.440. The molecule has 0 atom stereocenters. The van der Waals surface area contributed by atoms with E-state index >= 15 is 0 Å². The molecule has 2 N–H and O–H groups in total. The molecule has 1 aliphatic rings. The monoisotopic (exact) mass is 486 g/mol. The van der Waals surface area contributed by atoms with Gasteiger partial charge in [0.1, 0.15) is 0 Å². The van der Waals surface area contributed by atoms with E-state index in [1.165, 1.54) is 16.4 Å². The first kappa shape index (κ1) is 25.9. The first-order valence-electron chi connectivity index (χ1n) is 11.9. The summed E-state index contributed by atoms with van der Waals surface area (Å²) >= 11 is 0. The second kappa shape index (κ2) is 12.1. The molecular formula is C25H34N4O4S. The van der Waals surface area contributed by atoms with Crippen molar-refractivity contribution >= 4 is 27.5 Å². The minimum atomic E-state index is -3.62. The molecule has 8 nitrogen and oxygen atoms in total. The highest BCUT2D eigenvalue weighted by molar-refractivity contribution is 7.89. The smallest absolute Gasteiger partial charge is 0.255 e. The highest BCUT2D eigenvalue weighted by Gasteiger charge is 2.26. The topological polar surface area (TPSA) is 98.8 Å². The molecule has 0 unspecified atom stereocenters. The Morgan fingerprint density at radius 3 is 2.24 bits per heavy atom. The Balaban J connectivity index is 1.60. The quantitative estimate of drug-likeness (QED) is 0.537. The lowest BCUT2D eigenvalue weighted by Gasteiger charge is -2.26. The van der Waals surface area contributed by atoms with Gasteiger partial charge in [0.25, 0.3) is 11.8 Å². The molecule has 0 aliphatic carbocycles. The summed E-state index contributed by atoms with van der Waals surface area (Å²) in [6.07, 6.45) is 2.73. The highest BCUT2D eigenvalue weighted by Crippen LogP contribution is 2.22. The van der Waals surface area contributed by atoms with Gasteiger partial charge in [0, 0.05) is 43.0 Å². The zero-order chi connectivity index (χ0) is 24.6. The predicted octanol–water partition coefficient (Wildman–Crippen LogP) is 3.19. The van der Waals surface area contributed by atoms with Crippen LogP contribution in [0.15, 0.2) is 53.4 Å². The molecule has 1 aliphatic heterocycles. The lowest BCUT2D eigenvalue weighted by atomic mass is 10.1. The number of carbonyl (C=O) groups excluding carboxylic acids is 2. The van der Waals surface area contributed by atoms with Crippen LogP contribution in [0.3, 0.4) is 0 Å². The summed E-state index contributed by atoms with van der Waals surface area (Å²) in [5, 5.41) is 5.67. The van der Waals surface area contributed by atoms with E-state index in [4.69, 9.17) is 0 Å². The predicted molar refractivity (Wildman–Crippen MR) is 134 cm³/mol. The van der Waals surface area contributed by atoms with Gasteiger partial charge in [-0.05, 0) is 68.4 Å². The molecule has 0 aromatic heterocycles. The van der Waals surface area contributed by atoms with Crippen molar-refractivity contribution in [1.29, 1.82) is 0 Å². The van der Waals surface area contributed by atoms with Crippen molar-refractivity contribution in [3.05, 3.63) is 59.7 Å². The van der Waals surface area contributed by atoms with E-state index in [9.17, 15) is 18.0 Å². The molecule has 2 amide bonds. The number of piperidine rings is 1. The minimum Gasteiger partial charge on any atom is -0.351 e. The number of amides is 2. The van der Waals surface area contributed by atoms with Gasteiger partial charge in [0.2, 0.25) is 10.0 Å². The Bertz CT molecular complexity index is 1080. The number of nitrogens with one attached hydrogen (secondary N) is 2. The number of hydrogen-bond donors (Lipinski definition) is 2. The summed E-state index contributed by atoms with van der Waals surface area (Å²) in [7, 11) is -3.62. The van der Waals surface area contributed by atoms with E-state index in [0.717, 1.165) is 38.9 Å². The molecule has 34 heavy (non-hydrogen) atoms. The van der Waals surface area contributed by atoms with Gasteiger partial charge in [-0.3, -0.25) is 9.59 Å². The minimum absolute atomic E-state index is 0.124. The van der Waals surface area contributed by atoms with Gasteiger partial charge in [0.05, 0.1) is 4.90 Å². The Kier molecular flexibility index (Phi) is 9.20. The number of likely N-dealkylation sites (N-methyl/N-ethyl adjacent to an activating group) is 1. The largest absolute Gasteiger partial charge is 0.351 e. The van der Waals surface area contributed by atoms with Gasteiger partial charge >= 0.3 is 0 Å². The van der Waals surface area contributed by atoms with Gasteiger partial charge in [-0.1, -0.05) is 26.3 Å². The van der Waals surface area contributed by atoms with Crippen LogP contribution in [0.25, 0.3) is 0 Å². The molecule has 1 saturated heterocycles. The number of anilines is 1. The molecule has 9 heteroatoms. The summed E-state index contributed by atoms with van der Waals surface area (Å²) in [5.41, 5.74) is 1.29. The van der Waals surface area contributed by atoms with Crippen LogP contribution in [0.1, 0.15) is 53.8 Å². The molecule has 0 spiro atoms. The third-order valence-electron chi connectivity index (χ3n) is 6.06. The van der Waals surface area contributed by atoms with Crippen LogP contribution in [0.2, 0.25) is 0 Å². The van der Waals surface area contributed by atoms with Crippen molar-refractivity contribution in [3.8, 4) is 0 Å². The average molecular weight is 487 g/mol. The molecule has 1 heterocycles. The standard InChI is InChI=1S/C25H34N4O4S/c1-3-28(4-2)18-15-26-24(30)20-11-13-22(14-12-20)27-25(31)21-9-8-10-23(19-21)34(32,33)29-16-6-5-7-17-29/h8-14,19H,3-7,15-18H2,1-2H3,(H,26,30)(H,27,31). The second-order valence-electron chi connectivity index (χ2n) is 8.31. The number of benzene rings is 2. The molecule has 1 fully saturated rings. The Morgan fingerprint density at radius 2 is 1.59 bits per heavy atom. The third kappa shape index (κ3) is 6.65.